The number of nitrogens with zero attached hydrogens (tertiary/aromatic N) is 2. The Hall–Kier alpha value is -2.78. The molecule has 0 spiro atoms. The van der Waals surface area contributed by atoms with Gasteiger partial charge in [-0.1, -0.05) is 42.2 Å². The van der Waals surface area contributed by atoms with Crippen molar-refractivity contribution in [2.24, 2.45) is 0 Å². The number of anilines is 1. The predicted octanol–water partition coefficient (Wildman–Crippen LogP) is 3.28. The molecule has 142 valence electrons. The predicted molar refractivity (Wildman–Crippen MR) is 99.9 cm³/mol. The highest BCUT2D eigenvalue weighted by Gasteiger charge is 2.14. The number of rotatable bonds is 6. The van der Waals surface area contributed by atoms with E-state index in [1.165, 1.54) is 0 Å². The van der Waals surface area contributed by atoms with Gasteiger partial charge in [0.15, 0.2) is 11.6 Å². The van der Waals surface area contributed by atoms with Gasteiger partial charge in [-0.3, -0.25) is 14.3 Å². The van der Waals surface area contributed by atoms with E-state index in [4.69, 9.17) is 27.9 Å². The lowest BCUT2D eigenvalue weighted by Crippen LogP contribution is -2.15. The number of H-pyrrole nitrogens is 2. The van der Waals surface area contributed by atoms with Crippen LogP contribution in [0.1, 0.15) is 31.2 Å². The van der Waals surface area contributed by atoms with Crippen LogP contribution in [0, 0.1) is 0 Å². The lowest BCUT2D eigenvalue weighted by Gasteiger charge is -2.12. The molecule has 0 saturated carbocycles. The molecule has 27 heavy (non-hydrogen) atoms. The second kappa shape index (κ2) is 7.85. The normalized spacial score (nSPS) is 11.0. The molecule has 1 aromatic carbocycles. The number of ether oxygens (including phenoxy) is 1. The van der Waals surface area contributed by atoms with Crippen LogP contribution in [0.3, 0.4) is 0 Å². The zero-order valence-corrected chi connectivity index (χ0v) is 15.8. The molecule has 11 heteroatoms. The second-order valence-corrected chi connectivity index (χ2v) is 6.73. The molecule has 0 unspecified atom stereocenters. The fraction of sp³-hybridized carbons (Fsp3) is 0.250. The summed E-state index contributed by atoms with van der Waals surface area (Å²) in [5, 5.41) is 13.3. The molecule has 0 fully saturated rings. The summed E-state index contributed by atoms with van der Waals surface area (Å²) < 4.78 is 10.1. The zero-order valence-electron chi connectivity index (χ0n) is 14.3. The van der Waals surface area contributed by atoms with Crippen molar-refractivity contribution in [2.75, 3.05) is 5.32 Å². The number of halogens is 2. The molecular formula is C16H15Cl2N5O4. The van der Waals surface area contributed by atoms with Gasteiger partial charge in [0.2, 0.25) is 5.88 Å². The van der Waals surface area contributed by atoms with Crippen LogP contribution in [0.5, 0.6) is 11.6 Å². The topological polar surface area (TPSA) is 126 Å². The van der Waals surface area contributed by atoms with Gasteiger partial charge in [-0.15, -0.1) is 5.10 Å². The van der Waals surface area contributed by atoms with Gasteiger partial charge in [-0.25, -0.2) is 9.89 Å². The Morgan fingerprint density at radius 2 is 1.93 bits per heavy atom. The fourth-order valence-corrected chi connectivity index (χ4v) is 2.83. The third-order valence-corrected chi connectivity index (χ3v) is 4.14. The molecule has 0 saturated heterocycles. The van der Waals surface area contributed by atoms with Crippen molar-refractivity contribution in [1.82, 2.24) is 20.3 Å². The molecule has 3 aromatic rings. The molecule has 3 rings (SSSR count). The van der Waals surface area contributed by atoms with Crippen molar-refractivity contribution in [2.45, 2.75) is 26.3 Å². The minimum Gasteiger partial charge on any atom is -0.434 e. The monoisotopic (exact) mass is 411 g/mol. The van der Waals surface area contributed by atoms with Crippen LogP contribution in [-0.2, 0) is 6.54 Å². The lowest BCUT2D eigenvalue weighted by molar-refractivity contribution is 0.382. The Balaban J connectivity index is 1.79. The Labute approximate surface area is 162 Å². The molecule has 0 aliphatic heterocycles. The first-order chi connectivity index (χ1) is 12.8. The summed E-state index contributed by atoms with van der Waals surface area (Å²) >= 11 is 12.5. The van der Waals surface area contributed by atoms with Crippen molar-refractivity contribution < 1.29 is 9.26 Å². The van der Waals surface area contributed by atoms with Crippen LogP contribution >= 0.6 is 23.2 Å². The number of hydrogen-bond donors (Lipinski definition) is 3. The third kappa shape index (κ3) is 4.50. The molecule has 3 N–H and O–H groups in total. The van der Waals surface area contributed by atoms with E-state index in [2.05, 4.69) is 30.2 Å². The van der Waals surface area contributed by atoms with Crippen molar-refractivity contribution >= 4 is 28.9 Å². The summed E-state index contributed by atoms with van der Waals surface area (Å²) in [7, 11) is 0. The molecule has 0 aliphatic rings. The SMILES string of the molecule is CC(C)c1cc(Oc2c(Cl)cc(NCc3noc(=O)[nH]3)cc2Cl)n[nH]c1=O. The average molecular weight is 412 g/mol. The Kier molecular flexibility index (Phi) is 5.52. The van der Waals surface area contributed by atoms with Crippen LogP contribution < -0.4 is 21.4 Å². The van der Waals surface area contributed by atoms with Crippen molar-refractivity contribution in [3.05, 3.63) is 60.5 Å². The van der Waals surface area contributed by atoms with E-state index in [9.17, 15) is 9.59 Å². The fourth-order valence-electron chi connectivity index (χ4n) is 2.27. The summed E-state index contributed by atoms with van der Waals surface area (Å²) in [6.45, 7) is 3.98. The van der Waals surface area contributed by atoms with Gasteiger partial charge >= 0.3 is 5.76 Å². The molecule has 0 atom stereocenters. The molecule has 2 aromatic heterocycles. The maximum Gasteiger partial charge on any atom is 0.438 e. The highest BCUT2D eigenvalue weighted by Crippen LogP contribution is 2.38. The molecule has 0 radical (unpaired) electrons. The Bertz CT molecular complexity index is 1050. The molecular weight excluding hydrogens is 397 g/mol. The summed E-state index contributed by atoms with van der Waals surface area (Å²) in [5.74, 6) is 0.0579. The highest BCUT2D eigenvalue weighted by molar-refractivity contribution is 6.37. The number of hydrogen-bond acceptors (Lipinski definition) is 7. The summed E-state index contributed by atoms with van der Waals surface area (Å²) in [6, 6.07) is 4.73. The number of nitrogens with one attached hydrogen (secondary N) is 3. The minimum absolute atomic E-state index is 0.000378. The van der Waals surface area contributed by atoms with Gasteiger partial charge in [-0.05, 0) is 18.1 Å². The standard InChI is InChI=1S/C16H15Cl2N5O4/c1-7(2)9-5-13(21-22-15(9)24)26-14-10(17)3-8(4-11(14)18)19-6-12-20-16(25)27-23-12/h3-5,7,19H,6H2,1-2H3,(H,22,24)(H,20,23,25). The first kappa shape index (κ1) is 19.0. The van der Waals surface area contributed by atoms with Crippen LogP contribution in [0.25, 0.3) is 0 Å². The first-order valence-electron chi connectivity index (χ1n) is 7.88. The number of aromatic nitrogens is 4. The van der Waals surface area contributed by atoms with Gasteiger partial charge in [0.25, 0.3) is 5.56 Å². The maximum absolute atomic E-state index is 11.8. The summed E-state index contributed by atoms with van der Waals surface area (Å²) in [5.41, 5.74) is 0.839. The third-order valence-electron chi connectivity index (χ3n) is 3.58. The van der Waals surface area contributed by atoms with Gasteiger partial charge in [0.05, 0.1) is 16.6 Å². The molecule has 9 nitrogen and oxygen atoms in total. The maximum atomic E-state index is 11.8. The zero-order chi connectivity index (χ0) is 19.6. The number of aromatic amines is 2. The van der Waals surface area contributed by atoms with Gasteiger partial charge in [0, 0.05) is 17.3 Å². The van der Waals surface area contributed by atoms with Gasteiger partial charge in [-0.2, -0.15) is 0 Å². The Morgan fingerprint density at radius 3 is 2.52 bits per heavy atom. The lowest BCUT2D eigenvalue weighted by atomic mass is 10.1. The molecule has 2 heterocycles. The Morgan fingerprint density at radius 1 is 1.22 bits per heavy atom. The van der Waals surface area contributed by atoms with E-state index in [0.717, 1.165) is 0 Å². The summed E-state index contributed by atoms with van der Waals surface area (Å²) in [4.78, 5) is 25.1. The van der Waals surface area contributed by atoms with Crippen LogP contribution in [-0.4, -0.2) is 20.3 Å². The van der Waals surface area contributed by atoms with E-state index >= 15 is 0 Å². The molecule has 0 aliphatic carbocycles. The van der Waals surface area contributed by atoms with Crippen molar-refractivity contribution in [1.29, 1.82) is 0 Å². The van der Waals surface area contributed by atoms with Crippen molar-refractivity contribution in [3.63, 3.8) is 0 Å². The van der Waals surface area contributed by atoms with Crippen LogP contribution in [0.4, 0.5) is 5.69 Å². The quantitative estimate of drug-likeness (QED) is 0.567. The first-order valence-corrected chi connectivity index (χ1v) is 8.64. The van der Waals surface area contributed by atoms with Gasteiger partial charge in [0.1, 0.15) is 0 Å². The van der Waals surface area contributed by atoms with E-state index in [0.29, 0.717) is 17.1 Å². The summed E-state index contributed by atoms with van der Waals surface area (Å²) in [6.07, 6.45) is 0. The largest absolute Gasteiger partial charge is 0.438 e. The molecule has 0 bridgehead atoms. The highest BCUT2D eigenvalue weighted by atomic mass is 35.5. The van der Waals surface area contributed by atoms with E-state index < -0.39 is 5.76 Å². The second-order valence-electron chi connectivity index (χ2n) is 5.91. The average Bonchev–Trinajstić information content (AvgIpc) is 3.03. The van der Waals surface area contributed by atoms with E-state index in [1.807, 2.05) is 13.8 Å². The molecule has 0 amide bonds. The number of benzene rings is 1. The van der Waals surface area contributed by atoms with E-state index in [-0.39, 0.29) is 39.7 Å². The van der Waals surface area contributed by atoms with E-state index in [1.54, 1.807) is 18.2 Å². The van der Waals surface area contributed by atoms with Crippen LogP contribution in [0.2, 0.25) is 10.0 Å². The van der Waals surface area contributed by atoms with Crippen LogP contribution in [0.15, 0.2) is 32.3 Å². The van der Waals surface area contributed by atoms with Crippen molar-refractivity contribution in [3.8, 4) is 11.6 Å². The van der Waals surface area contributed by atoms with Gasteiger partial charge < -0.3 is 10.1 Å². The minimum atomic E-state index is -0.638. The smallest absolute Gasteiger partial charge is 0.434 e.